The average molecular weight is 170 g/mol. The van der Waals surface area contributed by atoms with Crippen LogP contribution < -0.4 is 5.32 Å². The summed E-state index contributed by atoms with van der Waals surface area (Å²) in [6.45, 7) is 0.719. The molecular weight excluding hydrogens is 158 g/mol. The Morgan fingerprint density at radius 2 is 1.40 bits per heavy atom. The lowest BCUT2D eigenvalue weighted by molar-refractivity contribution is -0.0750. The third-order valence-corrected chi connectivity index (χ3v) is 1.50. The number of hydrogen-bond donors (Lipinski definition) is 4. The second kappa shape index (κ2) is 4.10. The lowest BCUT2D eigenvalue weighted by Gasteiger charge is -2.28. The van der Waals surface area contributed by atoms with Crippen molar-refractivity contribution in [2.24, 2.45) is 0 Å². The largest absolute Gasteiger partial charge is 0.389 e. The van der Waals surface area contributed by atoms with Gasteiger partial charge in [-0.1, -0.05) is 0 Å². The van der Waals surface area contributed by atoms with Gasteiger partial charge < -0.3 is 20.6 Å². The van der Waals surface area contributed by atoms with E-state index >= 15 is 0 Å². The molecule has 4 nitrogen and oxygen atoms in total. The predicted molar refractivity (Wildman–Crippen MR) is 38.1 cm³/mol. The normalized spacial score (nSPS) is 40.5. The van der Waals surface area contributed by atoms with Crippen LogP contribution in [0, 0.1) is 0 Å². The summed E-state index contributed by atoms with van der Waals surface area (Å²) >= 11 is 0. The molecule has 2 unspecified atom stereocenters. The van der Waals surface area contributed by atoms with Crippen LogP contribution in [0.25, 0.3) is 0 Å². The second-order valence-corrected chi connectivity index (χ2v) is 2.28. The molecule has 4 N–H and O–H groups in total. The molecule has 0 bridgehead atoms. The van der Waals surface area contributed by atoms with Crippen LogP contribution in [-0.4, -0.2) is 46.7 Å². The van der Waals surface area contributed by atoms with E-state index in [0.29, 0.717) is 13.1 Å². The lowest BCUT2D eigenvalue weighted by Crippen LogP contribution is -2.53. The highest BCUT2D eigenvalue weighted by Gasteiger charge is 2.27. The van der Waals surface area contributed by atoms with E-state index in [1.165, 1.54) is 0 Å². The van der Waals surface area contributed by atoms with E-state index in [4.69, 9.17) is 15.3 Å². The number of rotatable bonds is 0. The van der Waals surface area contributed by atoms with Gasteiger partial charge in [0.25, 0.3) is 0 Å². The Morgan fingerprint density at radius 1 is 1.00 bits per heavy atom. The summed E-state index contributed by atoms with van der Waals surface area (Å²) in [7, 11) is 0. The minimum absolute atomic E-state index is 0. The minimum Gasteiger partial charge on any atom is -0.389 e. The molecule has 0 aromatic heterocycles. The van der Waals surface area contributed by atoms with E-state index in [1.54, 1.807) is 0 Å². The Labute approximate surface area is 65.3 Å². The first kappa shape index (κ1) is 10.1. The summed E-state index contributed by atoms with van der Waals surface area (Å²) in [4.78, 5) is 0. The Balaban J connectivity index is 0.000000810. The van der Waals surface area contributed by atoms with Gasteiger partial charge in [-0.3, -0.25) is 0 Å². The Kier molecular flexibility index (Phi) is 4.15. The summed E-state index contributed by atoms with van der Waals surface area (Å²) in [6, 6.07) is 0. The Bertz CT molecular complexity index is 92.9. The van der Waals surface area contributed by atoms with Crippen molar-refractivity contribution in [3.63, 3.8) is 0 Å². The van der Waals surface area contributed by atoms with Gasteiger partial charge in [0, 0.05) is 13.1 Å². The van der Waals surface area contributed by atoms with E-state index in [1.807, 2.05) is 0 Å². The highest BCUT2D eigenvalue weighted by molar-refractivity contribution is 5.85. The molecule has 0 spiro atoms. The van der Waals surface area contributed by atoms with Gasteiger partial charge in [-0.05, 0) is 0 Å². The smallest absolute Gasteiger partial charge is 0.108 e. The van der Waals surface area contributed by atoms with E-state index in [0.717, 1.165) is 0 Å². The third kappa shape index (κ3) is 2.07. The summed E-state index contributed by atoms with van der Waals surface area (Å²) < 4.78 is 0. The van der Waals surface area contributed by atoms with Crippen molar-refractivity contribution >= 4 is 12.4 Å². The maximum atomic E-state index is 8.91. The van der Waals surface area contributed by atoms with Crippen LogP contribution >= 0.6 is 12.4 Å². The second-order valence-electron chi connectivity index (χ2n) is 2.28. The van der Waals surface area contributed by atoms with Crippen molar-refractivity contribution in [1.82, 2.24) is 5.32 Å². The average Bonchev–Trinajstić information content (AvgIpc) is 1.83. The monoisotopic (exact) mass is 169 g/mol. The molecule has 1 saturated heterocycles. The van der Waals surface area contributed by atoms with Gasteiger partial charge >= 0.3 is 0 Å². The quantitative estimate of drug-likeness (QED) is 0.342. The van der Waals surface area contributed by atoms with E-state index in [9.17, 15) is 0 Å². The number of halogens is 1. The van der Waals surface area contributed by atoms with Gasteiger partial charge in [-0.2, -0.15) is 0 Å². The highest BCUT2D eigenvalue weighted by Crippen LogP contribution is 2.02. The summed E-state index contributed by atoms with van der Waals surface area (Å²) in [5.41, 5.74) is 0. The summed E-state index contributed by atoms with van der Waals surface area (Å²) in [5, 5.41) is 29.4. The lowest BCUT2D eigenvalue weighted by atomic mass is 10.0. The van der Waals surface area contributed by atoms with Crippen LogP contribution in [-0.2, 0) is 0 Å². The molecule has 62 valence electrons. The molecule has 2 atom stereocenters. The number of aliphatic hydroxyl groups excluding tert-OH is 3. The fraction of sp³-hybridized carbons (Fsp3) is 1.00. The molecule has 1 aliphatic rings. The van der Waals surface area contributed by atoms with Crippen LogP contribution in [0.5, 0.6) is 0 Å². The molecule has 10 heavy (non-hydrogen) atoms. The summed E-state index contributed by atoms with van der Waals surface area (Å²) in [6.07, 6.45) is -2.63. The van der Waals surface area contributed by atoms with E-state index in [-0.39, 0.29) is 12.4 Å². The van der Waals surface area contributed by atoms with E-state index < -0.39 is 18.3 Å². The van der Waals surface area contributed by atoms with E-state index in [2.05, 4.69) is 5.32 Å². The fourth-order valence-electron chi connectivity index (χ4n) is 0.877. The number of nitrogens with one attached hydrogen (secondary N) is 1. The molecule has 1 rings (SSSR count). The van der Waals surface area contributed by atoms with Crippen LogP contribution in [0.4, 0.5) is 0 Å². The first-order valence-electron chi connectivity index (χ1n) is 2.96. The van der Waals surface area contributed by atoms with Crippen molar-refractivity contribution < 1.29 is 15.3 Å². The minimum atomic E-state index is -0.980. The maximum Gasteiger partial charge on any atom is 0.108 e. The molecule has 0 aliphatic carbocycles. The standard InChI is InChI=1S/C5H11NO3.ClH/c7-3-1-6-2-4(8)5(3)9;/h3-9H,1-2H2;1H. The molecule has 0 saturated carbocycles. The van der Waals surface area contributed by atoms with Gasteiger partial charge in [-0.25, -0.2) is 0 Å². The number of aliphatic hydroxyl groups is 3. The molecule has 1 fully saturated rings. The van der Waals surface area contributed by atoms with Gasteiger partial charge in [-0.15, -0.1) is 12.4 Å². The van der Waals surface area contributed by atoms with Crippen LogP contribution in [0.1, 0.15) is 0 Å². The van der Waals surface area contributed by atoms with Crippen LogP contribution in [0.2, 0.25) is 0 Å². The zero-order valence-electron chi connectivity index (χ0n) is 5.40. The molecule has 0 aromatic rings. The summed E-state index contributed by atoms with van der Waals surface area (Å²) in [5.74, 6) is 0. The van der Waals surface area contributed by atoms with Crippen molar-refractivity contribution in [2.45, 2.75) is 18.3 Å². The molecule has 0 amide bonds. The number of β-amino-alcohol motifs (C(OH)–C–C–N with tert-alkyl or cyclic N) is 2. The fourth-order valence-corrected chi connectivity index (χ4v) is 0.877. The molecular formula is C5H12ClNO3. The van der Waals surface area contributed by atoms with Crippen molar-refractivity contribution in [2.75, 3.05) is 13.1 Å². The van der Waals surface area contributed by atoms with Gasteiger partial charge in [0.1, 0.15) is 6.10 Å². The molecule has 1 heterocycles. The molecule has 1 aliphatic heterocycles. The first-order chi connectivity index (χ1) is 4.22. The predicted octanol–water partition coefficient (Wildman–Crippen LogP) is -1.91. The molecule has 0 aromatic carbocycles. The number of hydrogen-bond acceptors (Lipinski definition) is 4. The zero-order valence-corrected chi connectivity index (χ0v) is 6.21. The molecule has 0 radical (unpaired) electrons. The van der Waals surface area contributed by atoms with Crippen LogP contribution in [0.15, 0.2) is 0 Å². The van der Waals surface area contributed by atoms with Gasteiger partial charge in [0.15, 0.2) is 0 Å². The SMILES string of the molecule is Cl.OC1CNCC(O)C1O. The van der Waals surface area contributed by atoms with Crippen molar-refractivity contribution in [1.29, 1.82) is 0 Å². The van der Waals surface area contributed by atoms with Crippen LogP contribution in [0.3, 0.4) is 0 Å². The zero-order chi connectivity index (χ0) is 6.85. The first-order valence-corrected chi connectivity index (χ1v) is 2.96. The molecule has 5 heteroatoms. The Morgan fingerprint density at radius 3 is 1.70 bits per heavy atom. The number of piperidine rings is 1. The topological polar surface area (TPSA) is 72.7 Å². The van der Waals surface area contributed by atoms with Crippen molar-refractivity contribution in [3.05, 3.63) is 0 Å². The van der Waals surface area contributed by atoms with Gasteiger partial charge in [0.05, 0.1) is 12.2 Å². The van der Waals surface area contributed by atoms with Gasteiger partial charge in [0.2, 0.25) is 0 Å². The van der Waals surface area contributed by atoms with Crippen molar-refractivity contribution in [3.8, 4) is 0 Å². The maximum absolute atomic E-state index is 8.91. The highest BCUT2D eigenvalue weighted by atomic mass is 35.5. The Hall–Kier alpha value is 0.130. The third-order valence-electron chi connectivity index (χ3n) is 1.50.